The van der Waals surface area contributed by atoms with E-state index in [0.29, 0.717) is 11.8 Å². The Labute approximate surface area is 121 Å². The lowest BCUT2D eigenvalue weighted by atomic mass is 9.88. The third-order valence-corrected chi connectivity index (χ3v) is 3.97. The predicted molar refractivity (Wildman–Crippen MR) is 85.9 cm³/mol. The minimum absolute atomic E-state index is 0.518. The van der Waals surface area contributed by atoms with Crippen molar-refractivity contribution in [2.24, 2.45) is 0 Å². The zero-order valence-electron chi connectivity index (χ0n) is 11.7. The summed E-state index contributed by atoms with van der Waals surface area (Å²) in [6, 6.07) is 21.5. The van der Waals surface area contributed by atoms with E-state index in [2.05, 4.69) is 85.0 Å². The Kier molecular flexibility index (Phi) is 4.13. The summed E-state index contributed by atoms with van der Waals surface area (Å²) < 4.78 is 0. The first-order valence-corrected chi connectivity index (χ1v) is 7.37. The van der Waals surface area contributed by atoms with Crippen LogP contribution >= 0.6 is 0 Å². The summed E-state index contributed by atoms with van der Waals surface area (Å²) >= 11 is 0. The summed E-state index contributed by atoms with van der Waals surface area (Å²) in [5.41, 5.74) is 2.82. The number of benzene rings is 2. The minimum Gasteiger partial charge on any atom is -0.0870 e. The zero-order valence-corrected chi connectivity index (χ0v) is 11.7. The molecule has 1 aliphatic carbocycles. The van der Waals surface area contributed by atoms with Crippen molar-refractivity contribution in [2.45, 2.75) is 24.7 Å². The molecule has 0 heteroatoms. The molecule has 0 heterocycles. The predicted octanol–water partition coefficient (Wildman–Crippen LogP) is 5.46. The molecular formula is C20H20. The van der Waals surface area contributed by atoms with Crippen LogP contribution in [-0.2, 0) is 0 Å². The highest BCUT2D eigenvalue weighted by Crippen LogP contribution is 2.28. The molecular weight excluding hydrogens is 240 g/mol. The monoisotopic (exact) mass is 260 g/mol. The van der Waals surface area contributed by atoms with Crippen molar-refractivity contribution >= 4 is 0 Å². The molecule has 0 amide bonds. The van der Waals surface area contributed by atoms with Gasteiger partial charge in [-0.1, -0.05) is 85.0 Å². The maximum atomic E-state index is 2.37. The summed E-state index contributed by atoms with van der Waals surface area (Å²) in [7, 11) is 0. The molecule has 0 fully saturated rings. The molecule has 0 aliphatic heterocycles. The second-order valence-electron chi connectivity index (χ2n) is 5.36. The molecule has 100 valence electrons. The Hall–Kier alpha value is -2.08. The average Bonchev–Trinajstić information content (AvgIpc) is 2.49. The van der Waals surface area contributed by atoms with Crippen LogP contribution in [0.2, 0.25) is 0 Å². The van der Waals surface area contributed by atoms with Crippen LogP contribution in [0.5, 0.6) is 0 Å². The van der Waals surface area contributed by atoms with E-state index in [1.807, 2.05) is 0 Å². The van der Waals surface area contributed by atoms with E-state index in [1.54, 1.807) is 0 Å². The molecule has 2 atom stereocenters. The first kappa shape index (κ1) is 12.9. The zero-order chi connectivity index (χ0) is 13.6. The van der Waals surface area contributed by atoms with Gasteiger partial charge in [0.05, 0.1) is 0 Å². The lowest BCUT2D eigenvalue weighted by molar-refractivity contribution is 0.794. The Morgan fingerprint density at radius 3 is 1.35 bits per heavy atom. The van der Waals surface area contributed by atoms with E-state index in [4.69, 9.17) is 0 Å². The van der Waals surface area contributed by atoms with Crippen LogP contribution in [0.25, 0.3) is 0 Å². The van der Waals surface area contributed by atoms with Gasteiger partial charge < -0.3 is 0 Å². The molecule has 0 N–H and O–H groups in total. The van der Waals surface area contributed by atoms with Gasteiger partial charge in [0.2, 0.25) is 0 Å². The van der Waals surface area contributed by atoms with Crippen LogP contribution in [0.1, 0.15) is 35.8 Å². The van der Waals surface area contributed by atoms with Gasteiger partial charge in [-0.25, -0.2) is 0 Å². The summed E-state index contributed by atoms with van der Waals surface area (Å²) in [6.07, 6.45) is 11.6. The van der Waals surface area contributed by atoms with Crippen LogP contribution in [0.15, 0.2) is 85.0 Å². The summed E-state index contributed by atoms with van der Waals surface area (Å²) in [4.78, 5) is 0. The van der Waals surface area contributed by atoms with Crippen LogP contribution in [-0.4, -0.2) is 0 Å². The smallest absolute Gasteiger partial charge is 0.00524 e. The molecule has 0 spiro atoms. The first-order chi connectivity index (χ1) is 9.93. The van der Waals surface area contributed by atoms with Crippen molar-refractivity contribution < 1.29 is 0 Å². The SMILES string of the molecule is C1=C\C(c2ccccc2)C/C=C\C(c2ccccc2)C/1. The first-order valence-electron chi connectivity index (χ1n) is 7.37. The Balaban J connectivity index is 1.74. The van der Waals surface area contributed by atoms with Gasteiger partial charge in [0.1, 0.15) is 0 Å². The number of hydrogen-bond donors (Lipinski definition) is 0. The summed E-state index contributed by atoms with van der Waals surface area (Å²) in [6.45, 7) is 0. The standard InChI is InChI=1S/C20H20/c1-3-9-17(10-4-1)19-13-7-15-20(16-8-14-19)18-11-5-2-6-12-18/h1-13,16,19-20H,14-15H2/b13-7-,16-8-. The Morgan fingerprint density at radius 2 is 0.950 bits per heavy atom. The molecule has 0 saturated heterocycles. The van der Waals surface area contributed by atoms with Gasteiger partial charge in [0.15, 0.2) is 0 Å². The normalized spacial score (nSPS) is 25.4. The van der Waals surface area contributed by atoms with E-state index in [0.717, 1.165) is 12.8 Å². The van der Waals surface area contributed by atoms with Gasteiger partial charge in [-0.05, 0) is 24.0 Å². The topological polar surface area (TPSA) is 0 Å². The van der Waals surface area contributed by atoms with E-state index in [9.17, 15) is 0 Å². The Bertz CT molecular complexity index is 522. The van der Waals surface area contributed by atoms with Crippen molar-refractivity contribution in [3.8, 4) is 0 Å². The molecule has 2 aromatic rings. The van der Waals surface area contributed by atoms with Gasteiger partial charge in [-0.2, -0.15) is 0 Å². The summed E-state index contributed by atoms with van der Waals surface area (Å²) in [5, 5.41) is 0. The van der Waals surface area contributed by atoms with E-state index in [-0.39, 0.29) is 0 Å². The van der Waals surface area contributed by atoms with Crippen molar-refractivity contribution in [3.05, 3.63) is 96.1 Å². The number of rotatable bonds is 2. The van der Waals surface area contributed by atoms with Gasteiger partial charge >= 0.3 is 0 Å². The fourth-order valence-corrected chi connectivity index (χ4v) is 2.83. The number of hydrogen-bond acceptors (Lipinski definition) is 0. The second kappa shape index (κ2) is 6.38. The maximum Gasteiger partial charge on any atom is 0.00524 e. The lowest BCUT2D eigenvalue weighted by Crippen LogP contribution is -1.99. The fraction of sp³-hybridized carbons (Fsp3) is 0.200. The van der Waals surface area contributed by atoms with Gasteiger partial charge in [-0.15, -0.1) is 0 Å². The van der Waals surface area contributed by atoms with Crippen molar-refractivity contribution in [1.29, 1.82) is 0 Å². The van der Waals surface area contributed by atoms with E-state index >= 15 is 0 Å². The molecule has 20 heavy (non-hydrogen) atoms. The van der Waals surface area contributed by atoms with Crippen LogP contribution in [0.3, 0.4) is 0 Å². The van der Waals surface area contributed by atoms with Gasteiger partial charge in [-0.3, -0.25) is 0 Å². The van der Waals surface area contributed by atoms with Crippen molar-refractivity contribution in [3.63, 3.8) is 0 Å². The molecule has 2 aromatic carbocycles. The highest BCUT2D eigenvalue weighted by atomic mass is 14.2. The van der Waals surface area contributed by atoms with Crippen molar-refractivity contribution in [2.75, 3.05) is 0 Å². The third-order valence-electron chi connectivity index (χ3n) is 3.97. The van der Waals surface area contributed by atoms with E-state index < -0.39 is 0 Å². The largest absolute Gasteiger partial charge is 0.0870 e. The quantitative estimate of drug-likeness (QED) is 0.629. The fourth-order valence-electron chi connectivity index (χ4n) is 2.83. The molecule has 0 nitrogen and oxygen atoms in total. The summed E-state index contributed by atoms with van der Waals surface area (Å²) in [5.74, 6) is 1.04. The van der Waals surface area contributed by atoms with Crippen molar-refractivity contribution in [1.82, 2.24) is 0 Å². The Morgan fingerprint density at radius 1 is 0.550 bits per heavy atom. The minimum atomic E-state index is 0.518. The molecule has 0 saturated carbocycles. The van der Waals surface area contributed by atoms with Gasteiger partial charge in [0, 0.05) is 11.8 Å². The van der Waals surface area contributed by atoms with E-state index in [1.165, 1.54) is 11.1 Å². The maximum absolute atomic E-state index is 2.37. The molecule has 3 rings (SSSR count). The highest BCUT2D eigenvalue weighted by Gasteiger charge is 2.11. The molecule has 1 aliphatic rings. The van der Waals surface area contributed by atoms with Gasteiger partial charge in [0.25, 0.3) is 0 Å². The molecule has 0 radical (unpaired) electrons. The molecule has 2 unspecified atom stereocenters. The molecule has 0 aromatic heterocycles. The lowest BCUT2D eigenvalue weighted by Gasteiger charge is -2.17. The van der Waals surface area contributed by atoms with Crippen LogP contribution < -0.4 is 0 Å². The number of allylic oxidation sites excluding steroid dienone is 4. The molecule has 0 bridgehead atoms. The third kappa shape index (κ3) is 3.08. The van der Waals surface area contributed by atoms with Crippen LogP contribution in [0, 0.1) is 0 Å². The highest BCUT2D eigenvalue weighted by molar-refractivity contribution is 5.29. The van der Waals surface area contributed by atoms with Crippen LogP contribution in [0.4, 0.5) is 0 Å². The second-order valence-corrected chi connectivity index (χ2v) is 5.36. The average molecular weight is 260 g/mol.